The molecule has 0 saturated heterocycles. The van der Waals surface area contributed by atoms with Crippen molar-refractivity contribution in [2.24, 2.45) is 0 Å². The second-order valence-electron chi connectivity index (χ2n) is 7.53. The first-order chi connectivity index (χ1) is 16.0. The van der Waals surface area contributed by atoms with Crippen LogP contribution in [0.15, 0.2) is 79.3 Å². The van der Waals surface area contributed by atoms with Crippen LogP contribution >= 0.6 is 24.0 Å². The van der Waals surface area contributed by atoms with Crippen molar-refractivity contribution in [2.45, 2.75) is 6.92 Å². The molecule has 0 aliphatic rings. The summed E-state index contributed by atoms with van der Waals surface area (Å²) in [6.45, 7) is 1.97. The van der Waals surface area contributed by atoms with Crippen molar-refractivity contribution in [3.05, 3.63) is 95.5 Å². The molecule has 7 nitrogen and oxygen atoms in total. The smallest absolute Gasteiger partial charge is 0.272 e. The van der Waals surface area contributed by atoms with E-state index in [4.69, 9.17) is 11.6 Å². The first kappa shape index (κ1) is 23.2. The number of nitrogens with zero attached hydrogens (tertiary/aromatic N) is 3. The molecule has 0 aliphatic carbocycles. The third-order valence-electron chi connectivity index (χ3n) is 5.18. The normalized spacial score (nSPS) is 10.5. The highest BCUT2D eigenvalue weighted by Gasteiger charge is 2.12. The first-order valence-corrected chi connectivity index (χ1v) is 10.6. The summed E-state index contributed by atoms with van der Waals surface area (Å²) in [4.78, 5) is 29.0. The Balaban J connectivity index is 0.00000274. The van der Waals surface area contributed by atoms with Gasteiger partial charge in [0.15, 0.2) is 0 Å². The number of carbonyl (C=O) groups is 1. The van der Waals surface area contributed by atoms with E-state index in [0.29, 0.717) is 22.4 Å². The number of H-pyrrole nitrogens is 1. The van der Waals surface area contributed by atoms with E-state index in [0.717, 1.165) is 33.4 Å². The molecule has 1 amide bonds. The van der Waals surface area contributed by atoms with Crippen molar-refractivity contribution in [1.82, 2.24) is 19.9 Å². The van der Waals surface area contributed by atoms with Gasteiger partial charge in [-0.25, -0.2) is 9.97 Å². The van der Waals surface area contributed by atoms with Crippen LogP contribution in [0.4, 0.5) is 17.3 Å². The summed E-state index contributed by atoms with van der Waals surface area (Å²) in [6, 6.07) is 18.5. The predicted molar refractivity (Wildman–Crippen MR) is 138 cm³/mol. The van der Waals surface area contributed by atoms with Crippen LogP contribution in [0.2, 0.25) is 5.02 Å². The summed E-state index contributed by atoms with van der Waals surface area (Å²) in [5.74, 6) is 0.211. The fourth-order valence-electron chi connectivity index (χ4n) is 3.47. The third-order valence-corrected chi connectivity index (χ3v) is 5.42. The van der Waals surface area contributed by atoms with Crippen LogP contribution in [-0.2, 0) is 0 Å². The van der Waals surface area contributed by atoms with Gasteiger partial charge in [0.25, 0.3) is 5.91 Å². The second kappa shape index (κ2) is 9.91. The molecule has 34 heavy (non-hydrogen) atoms. The topological polar surface area (TPSA) is 95.6 Å². The number of carbonyl (C=O) groups excluding carboxylic acids is 1. The van der Waals surface area contributed by atoms with Gasteiger partial charge in [0.2, 0.25) is 5.95 Å². The number of aromatic amines is 1. The summed E-state index contributed by atoms with van der Waals surface area (Å²) >= 11 is 6.05. The zero-order valence-corrected chi connectivity index (χ0v) is 19.6. The number of anilines is 3. The largest absolute Gasteiger partial charge is 0.351 e. The number of aryl methyl sites for hydroxylation is 1. The molecule has 5 aromatic rings. The number of fused-ring (bicyclic) bond motifs is 1. The molecule has 0 spiro atoms. The second-order valence-corrected chi connectivity index (χ2v) is 7.97. The number of hydrogen-bond donors (Lipinski definition) is 3. The van der Waals surface area contributed by atoms with Gasteiger partial charge in [-0.15, -0.1) is 12.4 Å². The van der Waals surface area contributed by atoms with Crippen LogP contribution in [-0.4, -0.2) is 25.8 Å². The molecule has 0 atom stereocenters. The van der Waals surface area contributed by atoms with Crippen molar-refractivity contribution in [3.8, 4) is 11.3 Å². The van der Waals surface area contributed by atoms with Gasteiger partial charge >= 0.3 is 0 Å². The molecule has 9 heteroatoms. The highest BCUT2D eigenvalue weighted by Crippen LogP contribution is 2.25. The number of aromatic nitrogens is 4. The lowest BCUT2D eigenvalue weighted by molar-refractivity contribution is 0.102. The van der Waals surface area contributed by atoms with E-state index < -0.39 is 0 Å². The lowest BCUT2D eigenvalue weighted by Crippen LogP contribution is -2.12. The fraction of sp³-hybridized carbons (Fsp3) is 0.0400. The maximum absolute atomic E-state index is 12.8. The molecule has 2 aromatic carbocycles. The molecule has 5 rings (SSSR count). The molecule has 0 fully saturated rings. The van der Waals surface area contributed by atoms with E-state index in [9.17, 15) is 4.79 Å². The van der Waals surface area contributed by atoms with Crippen molar-refractivity contribution in [3.63, 3.8) is 0 Å². The van der Waals surface area contributed by atoms with Crippen LogP contribution < -0.4 is 10.6 Å². The van der Waals surface area contributed by atoms with Crippen LogP contribution in [0.3, 0.4) is 0 Å². The van der Waals surface area contributed by atoms with Gasteiger partial charge in [0, 0.05) is 51.5 Å². The Labute approximate surface area is 207 Å². The predicted octanol–water partition coefficient (Wildman–Crippen LogP) is 6.40. The Morgan fingerprint density at radius 3 is 2.74 bits per heavy atom. The minimum absolute atomic E-state index is 0. The molecule has 0 bridgehead atoms. The molecular formula is C25H20Cl2N6O. The average molecular weight is 491 g/mol. The number of pyridine rings is 1. The Kier molecular flexibility index (Phi) is 6.77. The molecule has 0 radical (unpaired) electrons. The Hall–Kier alpha value is -3.94. The van der Waals surface area contributed by atoms with Gasteiger partial charge in [-0.1, -0.05) is 17.7 Å². The number of amides is 1. The van der Waals surface area contributed by atoms with Crippen molar-refractivity contribution in [1.29, 1.82) is 0 Å². The van der Waals surface area contributed by atoms with E-state index in [1.165, 1.54) is 0 Å². The summed E-state index contributed by atoms with van der Waals surface area (Å²) < 4.78 is 0. The lowest BCUT2D eigenvalue weighted by atomic mass is 10.1. The number of hydrogen-bond acceptors (Lipinski definition) is 5. The van der Waals surface area contributed by atoms with Crippen molar-refractivity contribution >= 4 is 58.1 Å². The highest BCUT2D eigenvalue weighted by molar-refractivity contribution is 6.31. The van der Waals surface area contributed by atoms with Crippen LogP contribution in [0.5, 0.6) is 0 Å². The third kappa shape index (κ3) is 5.01. The maximum Gasteiger partial charge on any atom is 0.272 e. The number of halogens is 2. The minimum atomic E-state index is -0.244. The van der Waals surface area contributed by atoms with Gasteiger partial charge in [0.1, 0.15) is 5.69 Å². The number of rotatable bonds is 5. The van der Waals surface area contributed by atoms with Crippen LogP contribution in [0.25, 0.3) is 22.2 Å². The van der Waals surface area contributed by atoms with Crippen molar-refractivity contribution < 1.29 is 4.79 Å². The van der Waals surface area contributed by atoms with Gasteiger partial charge in [-0.2, -0.15) is 0 Å². The van der Waals surface area contributed by atoms with Gasteiger partial charge in [-0.3, -0.25) is 9.78 Å². The van der Waals surface area contributed by atoms with Crippen LogP contribution in [0.1, 0.15) is 16.1 Å². The number of nitrogens with one attached hydrogen (secondary N) is 3. The van der Waals surface area contributed by atoms with Gasteiger partial charge in [-0.05, 0) is 67.1 Å². The quantitative estimate of drug-likeness (QED) is 0.265. The molecule has 3 N–H and O–H groups in total. The first-order valence-electron chi connectivity index (χ1n) is 10.3. The minimum Gasteiger partial charge on any atom is -0.351 e. The van der Waals surface area contributed by atoms with E-state index in [1.807, 2.05) is 55.5 Å². The van der Waals surface area contributed by atoms with Crippen LogP contribution in [0, 0.1) is 6.92 Å². The standard InChI is InChI=1S/C25H19ClN6O.ClH/c1-15-4-6-19(29-24(33)23-12-17-11-18(26)5-7-20(17)30-23)13-22(15)32-25-28-10-8-21(31-25)16-3-2-9-27-14-16;/h2-14,30H,1H3,(H,29,33)(H,28,31,32);1H. The fourth-order valence-corrected chi connectivity index (χ4v) is 3.65. The van der Waals surface area contributed by atoms with E-state index in [1.54, 1.807) is 30.7 Å². The summed E-state index contributed by atoms with van der Waals surface area (Å²) in [7, 11) is 0. The van der Waals surface area contributed by atoms with E-state index >= 15 is 0 Å². The SMILES string of the molecule is Cc1ccc(NC(=O)c2cc3cc(Cl)ccc3[nH]2)cc1Nc1nccc(-c2cccnc2)n1.Cl. The van der Waals surface area contributed by atoms with E-state index in [2.05, 4.69) is 30.6 Å². The van der Waals surface area contributed by atoms with Gasteiger partial charge in [0.05, 0.1) is 5.69 Å². The Bertz CT molecular complexity index is 1470. The zero-order chi connectivity index (χ0) is 22.8. The number of benzene rings is 2. The molecule has 3 aromatic heterocycles. The maximum atomic E-state index is 12.8. The molecule has 0 saturated carbocycles. The molecule has 0 aliphatic heterocycles. The molecule has 0 unspecified atom stereocenters. The zero-order valence-electron chi connectivity index (χ0n) is 18.0. The summed E-state index contributed by atoms with van der Waals surface area (Å²) in [6.07, 6.45) is 5.17. The van der Waals surface area contributed by atoms with Gasteiger partial charge < -0.3 is 15.6 Å². The highest BCUT2D eigenvalue weighted by atomic mass is 35.5. The Morgan fingerprint density at radius 1 is 1.03 bits per heavy atom. The summed E-state index contributed by atoms with van der Waals surface area (Å²) in [5.41, 5.74) is 5.40. The monoisotopic (exact) mass is 490 g/mol. The molecule has 170 valence electrons. The molecular weight excluding hydrogens is 471 g/mol. The van der Waals surface area contributed by atoms with Crippen molar-refractivity contribution in [2.75, 3.05) is 10.6 Å². The average Bonchev–Trinajstić information content (AvgIpc) is 3.25. The molecule has 3 heterocycles. The Morgan fingerprint density at radius 2 is 1.91 bits per heavy atom. The summed E-state index contributed by atoms with van der Waals surface area (Å²) in [5, 5.41) is 7.68. The lowest BCUT2D eigenvalue weighted by Gasteiger charge is -2.12. The van der Waals surface area contributed by atoms with E-state index in [-0.39, 0.29) is 18.3 Å².